The van der Waals surface area contributed by atoms with E-state index in [1.807, 2.05) is 12.1 Å². The first-order chi connectivity index (χ1) is 14.0. The van der Waals surface area contributed by atoms with Crippen LogP contribution < -0.4 is 10.1 Å². The van der Waals surface area contributed by atoms with Crippen LogP contribution in [0, 0.1) is 16.0 Å². The number of alkyl halides is 1. The van der Waals surface area contributed by atoms with Gasteiger partial charge in [-0.15, -0.1) is 23.4 Å². The highest BCUT2D eigenvalue weighted by atomic mass is 35.5. The molecule has 1 N–H and O–H groups in total. The first kappa shape index (κ1) is 21.5. The van der Waals surface area contributed by atoms with Gasteiger partial charge in [-0.05, 0) is 55.2 Å². The monoisotopic (exact) mass is 434 g/mol. The number of carbonyl (C=O) groups is 1. The number of nitrogens with zero attached hydrogens (tertiary/aromatic N) is 1. The fourth-order valence-corrected chi connectivity index (χ4v) is 5.35. The lowest BCUT2D eigenvalue weighted by Crippen LogP contribution is -2.34. The van der Waals surface area contributed by atoms with Crippen molar-refractivity contribution in [2.45, 2.75) is 41.2 Å². The van der Waals surface area contributed by atoms with Crippen LogP contribution in [0.5, 0.6) is 5.75 Å². The Bertz CT molecular complexity index is 845. The van der Waals surface area contributed by atoms with E-state index in [1.54, 1.807) is 43.1 Å². The molecule has 6 nitrogen and oxygen atoms in total. The third-order valence-electron chi connectivity index (χ3n) is 5.02. The summed E-state index contributed by atoms with van der Waals surface area (Å²) in [6.45, 7) is 0. The van der Waals surface area contributed by atoms with Crippen molar-refractivity contribution in [2.75, 3.05) is 12.4 Å². The molecule has 0 aliphatic heterocycles. The molecule has 29 heavy (non-hydrogen) atoms. The number of hydrogen-bond donors (Lipinski definition) is 1. The van der Waals surface area contributed by atoms with Crippen LogP contribution >= 0.6 is 23.4 Å². The van der Waals surface area contributed by atoms with Crippen molar-refractivity contribution >= 4 is 40.6 Å². The van der Waals surface area contributed by atoms with Crippen LogP contribution in [-0.2, 0) is 4.79 Å². The molecule has 0 saturated heterocycles. The van der Waals surface area contributed by atoms with Gasteiger partial charge < -0.3 is 10.1 Å². The fourth-order valence-electron chi connectivity index (χ4n) is 3.52. The number of methoxy groups -OCH3 is 1. The Morgan fingerprint density at radius 3 is 2.52 bits per heavy atom. The number of carbonyl (C=O) groups excluding carboxylic acids is 1. The second-order valence-corrected chi connectivity index (χ2v) is 8.83. The van der Waals surface area contributed by atoms with Gasteiger partial charge in [0.1, 0.15) is 5.75 Å². The maximum absolute atomic E-state index is 12.6. The van der Waals surface area contributed by atoms with E-state index in [-0.39, 0.29) is 28.1 Å². The van der Waals surface area contributed by atoms with E-state index in [9.17, 15) is 14.9 Å². The lowest BCUT2D eigenvalue weighted by atomic mass is 9.86. The molecular formula is C21H23ClN2O4S. The van der Waals surface area contributed by atoms with Crippen molar-refractivity contribution in [1.82, 2.24) is 0 Å². The quantitative estimate of drug-likeness (QED) is 0.353. The van der Waals surface area contributed by atoms with E-state index in [0.29, 0.717) is 6.42 Å². The van der Waals surface area contributed by atoms with E-state index in [4.69, 9.17) is 16.3 Å². The third-order valence-corrected chi connectivity index (χ3v) is 7.19. The number of nitro groups is 1. The molecule has 0 radical (unpaired) electrons. The number of ether oxygens (including phenoxy) is 1. The number of hydrogen-bond acceptors (Lipinski definition) is 5. The largest absolute Gasteiger partial charge is 0.497 e. The van der Waals surface area contributed by atoms with Gasteiger partial charge in [0.05, 0.1) is 12.0 Å². The standard InChI is InChI=1S/C21H23ClN2O4S/c1-28-17-9-5-15(6-10-17)23-20(25)13-14-3-2-4-19(22)21(14)29-18-11-7-16(8-12-18)24(26)27/h5-12,14,19,21H,2-4,13H2,1H3,(H,23,25). The summed E-state index contributed by atoms with van der Waals surface area (Å²) in [6.07, 6.45) is 3.22. The van der Waals surface area contributed by atoms with E-state index >= 15 is 0 Å². The summed E-state index contributed by atoms with van der Waals surface area (Å²) < 4.78 is 5.13. The van der Waals surface area contributed by atoms with E-state index < -0.39 is 4.92 Å². The molecule has 1 fully saturated rings. The summed E-state index contributed by atoms with van der Waals surface area (Å²) in [4.78, 5) is 23.9. The normalized spacial score (nSPS) is 21.4. The van der Waals surface area contributed by atoms with Crippen molar-refractivity contribution in [2.24, 2.45) is 5.92 Å². The molecule has 3 unspecified atom stereocenters. The Kier molecular flexibility index (Phi) is 7.39. The molecule has 8 heteroatoms. The van der Waals surface area contributed by atoms with Crippen LogP contribution in [0.2, 0.25) is 0 Å². The summed E-state index contributed by atoms with van der Waals surface area (Å²) >= 11 is 8.21. The SMILES string of the molecule is COc1ccc(NC(=O)CC2CCCC(Cl)C2Sc2ccc([N+](=O)[O-])cc2)cc1. The highest BCUT2D eigenvalue weighted by molar-refractivity contribution is 8.00. The number of amides is 1. The molecule has 0 spiro atoms. The van der Waals surface area contributed by atoms with Crippen LogP contribution in [0.4, 0.5) is 11.4 Å². The molecule has 3 rings (SSSR count). The highest BCUT2D eigenvalue weighted by Gasteiger charge is 2.34. The molecule has 2 aromatic rings. The molecule has 0 heterocycles. The third kappa shape index (κ3) is 5.87. The number of anilines is 1. The Morgan fingerprint density at radius 2 is 1.90 bits per heavy atom. The molecule has 1 aliphatic rings. The molecule has 3 atom stereocenters. The van der Waals surface area contributed by atoms with Crippen LogP contribution in [0.1, 0.15) is 25.7 Å². The average molecular weight is 435 g/mol. The maximum atomic E-state index is 12.6. The van der Waals surface area contributed by atoms with Crippen molar-refractivity contribution in [3.8, 4) is 5.75 Å². The maximum Gasteiger partial charge on any atom is 0.269 e. The van der Waals surface area contributed by atoms with Gasteiger partial charge in [0, 0.05) is 39.8 Å². The van der Waals surface area contributed by atoms with Crippen molar-refractivity contribution < 1.29 is 14.5 Å². The van der Waals surface area contributed by atoms with Crippen LogP contribution in [0.15, 0.2) is 53.4 Å². The number of rotatable bonds is 7. The summed E-state index contributed by atoms with van der Waals surface area (Å²) in [7, 11) is 1.60. The molecule has 0 aromatic heterocycles. The molecule has 0 bridgehead atoms. The minimum atomic E-state index is -0.411. The summed E-state index contributed by atoms with van der Waals surface area (Å²) in [5.74, 6) is 0.838. The van der Waals surface area contributed by atoms with Gasteiger partial charge in [-0.25, -0.2) is 0 Å². The van der Waals surface area contributed by atoms with E-state index in [1.165, 1.54) is 12.1 Å². The highest BCUT2D eigenvalue weighted by Crippen LogP contribution is 2.42. The molecule has 1 amide bonds. The zero-order valence-electron chi connectivity index (χ0n) is 16.0. The van der Waals surface area contributed by atoms with Crippen LogP contribution in [0.25, 0.3) is 0 Å². The molecule has 2 aromatic carbocycles. The second kappa shape index (κ2) is 9.98. The Hall–Kier alpha value is -2.25. The Labute approximate surface area is 179 Å². The number of thioether (sulfide) groups is 1. The van der Waals surface area contributed by atoms with Gasteiger partial charge in [-0.3, -0.25) is 14.9 Å². The fraction of sp³-hybridized carbons (Fsp3) is 0.381. The number of non-ortho nitro benzene ring substituents is 1. The topological polar surface area (TPSA) is 81.5 Å². The first-order valence-corrected chi connectivity index (χ1v) is 10.8. The first-order valence-electron chi connectivity index (χ1n) is 9.45. The summed E-state index contributed by atoms with van der Waals surface area (Å²) in [5.41, 5.74) is 0.796. The van der Waals surface area contributed by atoms with E-state index in [0.717, 1.165) is 35.6 Å². The van der Waals surface area contributed by atoms with Gasteiger partial charge in [-0.2, -0.15) is 0 Å². The van der Waals surface area contributed by atoms with Crippen LogP contribution in [0.3, 0.4) is 0 Å². The minimum Gasteiger partial charge on any atom is -0.497 e. The molecule has 154 valence electrons. The molecule has 1 saturated carbocycles. The molecule has 1 aliphatic carbocycles. The second-order valence-electron chi connectivity index (χ2n) is 7.02. The predicted octanol–water partition coefficient (Wildman–Crippen LogP) is 5.50. The summed E-state index contributed by atoms with van der Waals surface area (Å²) in [6, 6.07) is 13.7. The Morgan fingerprint density at radius 1 is 1.21 bits per heavy atom. The van der Waals surface area contributed by atoms with Gasteiger partial charge in [-0.1, -0.05) is 6.42 Å². The Balaban J connectivity index is 1.63. The van der Waals surface area contributed by atoms with Crippen molar-refractivity contribution in [1.29, 1.82) is 0 Å². The number of benzene rings is 2. The zero-order valence-corrected chi connectivity index (χ0v) is 17.6. The smallest absolute Gasteiger partial charge is 0.269 e. The summed E-state index contributed by atoms with van der Waals surface area (Å²) in [5, 5.41) is 13.8. The van der Waals surface area contributed by atoms with Crippen molar-refractivity contribution in [3.63, 3.8) is 0 Å². The van der Waals surface area contributed by atoms with Gasteiger partial charge in [0.25, 0.3) is 5.69 Å². The van der Waals surface area contributed by atoms with Gasteiger partial charge in [0.15, 0.2) is 0 Å². The van der Waals surface area contributed by atoms with Crippen molar-refractivity contribution in [3.05, 3.63) is 58.6 Å². The molecular weight excluding hydrogens is 412 g/mol. The lowest BCUT2D eigenvalue weighted by Gasteiger charge is -2.34. The zero-order chi connectivity index (χ0) is 20.8. The van der Waals surface area contributed by atoms with Gasteiger partial charge in [0.2, 0.25) is 5.91 Å². The van der Waals surface area contributed by atoms with Gasteiger partial charge >= 0.3 is 0 Å². The predicted molar refractivity (Wildman–Crippen MR) is 116 cm³/mol. The minimum absolute atomic E-state index is 0.0391. The number of halogens is 1. The van der Waals surface area contributed by atoms with E-state index in [2.05, 4.69) is 5.32 Å². The number of nitro benzene ring substituents is 1. The number of nitrogens with one attached hydrogen (secondary N) is 1. The lowest BCUT2D eigenvalue weighted by molar-refractivity contribution is -0.384. The average Bonchev–Trinajstić information content (AvgIpc) is 2.71. The van der Waals surface area contributed by atoms with Crippen LogP contribution in [-0.4, -0.2) is 28.6 Å².